The highest BCUT2D eigenvalue weighted by atomic mass is 16.3. The summed E-state index contributed by atoms with van der Waals surface area (Å²) in [5, 5.41) is 24.2. The average molecular weight is 595 g/mol. The van der Waals surface area contributed by atoms with Gasteiger partial charge in [0.05, 0.1) is 10.8 Å². The fraction of sp³-hybridized carbons (Fsp3) is 0.0909. The lowest BCUT2D eigenvalue weighted by Gasteiger charge is -2.38. The van der Waals surface area contributed by atoms with Gasteiger partial charge in [-0.2, -0.15) is 0 Å². The van der Waals surface area contributed by atoms with Crippen LogP contribution in [0.1, 0.15) is 33.4 Å². The predicted octanol–water partition coefficient (Wildman–Crippen LogP) is 7.78. The normalized spacial score (nSPS) is 12.5. The highest BCUT2D eigenvalue weighted by molar-refractivity contribution is 5.56. The van der Waals surface area contributed by atoms with Crippen LogP contribution in [0.4, 0.5) is 0 Å². The van der Waals surface area contributed by atoms with Crippen molar-refractivity contribution >= 4 is 0 Å². The first-order valence-corrected chi connectivity index (χ1v) is 15.4. The minimum atomic E-state index is -1.15. The maximum absolute atomic E-state index is 12.1. The van der Waals surface area contributed by atoms with Crippen LogP contribution in [0.3, 0.4) is 0 Å². The maximum Gasteiger partial charge on any atom is 0.133 e. The third-order valence-corrected chi connectivity index (χ3v) is 8.68. The van der Waals surface area contributed by atoms with E-state index in [0.717, 1.165) is 33.4 Å². The van der Waals surface area contributed by atoms with Crippen LogP contribution in [0.2, 0.25) is 0 Å². The fourth-order valence-corrected chi connectivity index (χ4v) is 6.58. The monoisotopic (exact) mass is 594 g/mol. The van der Waals surface area contributed by atoms with Gasteiger partial charge in [-0.25, -0.2) is 0 Å². The Hall–Kier alpha value is -5.64. The smallest absolute Gasteiger partial charge is 0.133 e. The van der Waals surface area contributed by atoms with E-state index in [1.54, 1.807) is 0 Å². The summed E-state index contributed by atoms with van der Waals surface area (Å²) >= 11 is 0. The summed E-state index contributed by atoms with van der Waals surface area (Å²) in [6.07, 6.45) is -2.29. The molecule has 0 saturated carbocycles. The van der Waals surface area contributed by atoms with E-state index < -0.39 is 23.0 Å². The lowest BCUT2D eigenvalue weighted by molar-refractivity contribution is 0.176. The van der Waals surface area contributed by atoms with Crippen LogP contribution in [0.25, 0.3) is 0 Å². The topological polar surface area (TPSA) is 40.5 Å². The van der Waals surface area contributed by atoms with Crippen molar-refractivity contribution in [3.63, 3.8) is 0 Å². The molecule has 0 saturated heterocycles. The van der Waals surface area contributed by atoms with Crippen molar-refractivity contribution in [2.75, 3.05) is 0 Å². The molecule has 2 heteroatoms. The summed E-state index contributed by atoms with van der Waals surface area (Å²) in [7, 11) is 0. The first kappa shape index (κ1) is 30.4. The first-order chi connectivity index (χ1) is 22.7. The zero-order valence-corrected chi connectivity index (χ0v) is 25.4. The van der Waals surface area contributed by atoms with Gasteiger partial charge in [0.15, 0.2) is 0 Å². The Morgan fingerprint density at radius 2 is 0.478 bits per heavy atom. The molecule has 6 aromatic carbocycles. The van der Waals surface area contributed by atoms with E-state index in [4.69, 9.17) is 0 Å². The molecule has 0 fully saturated rings. The minimum Gasteiger partial charge on any atom is -0.379 e. The molecule has 0 amide bonds. The Bertz CT molecular complexity index is 1610. The third kappa shape index (κ3) is 5.65. The summed E-state index contributed by atoms with van der Waals surface area (Å²) in [5.41, 5.74) is 3.54. The molecule has 6 rings (SSSR count). The summed E-state index contributed by atoms with van der Waals surface area (Å²) in [4.78, 5) is 0. The van der Waals surface area contributed by atoms with Crippen LogP contribution >= 0.6 is 0 Å². The molecule has 46 heavy (non-hydrogen) atoms. The highest BCUT2D eigenvalue weighted by Gasteiger charge is 2.44. The number of benzene rings is 6. The molecule has 0 heterocycles. The Morgan fingerprint density at radius 3 is 0.652 bits per heavy atom. The average Bonchev–Trinajstić information content (AvgIpc) is 3.14. The summed E-state index contributed by atoms with van der Waals surface area (Å²) in [6.45, 7) is 0. The van der Waals surface area contributed by atoms with Crippen LogP contribution in [0, 0.1) is 23.7 Å². The van der Waals surface area contributed by atoms with Gasteiger partial charge in [-0.1, -0.05) is 194 Å². The van der Waals surface area contributed by atoms with E-state index in [0.29, 0.717) is 0 Å². The minimum absolute atomic E-state index is 0.915. The zero-order valence-electron chi connectivity index (χ0n) is 25.4. The largest absolute Gasteiger partial charge is 0.379 e. The molecule has 0 bridgehead atoms. The fourth-order valence-electron chi connectivity index (χ4n) is 6.58. The third-order valence-electron chi connectivity index (χ3n) is 8.68. The Morgan fingerprint density at radius 1 is 0.304 bits per heavy atom. The van der Waals surface area contributed by atoms with E-state index in [-0.39, 0.29) is 0 Å². The van der Waals surface area contributed by atoms with Crippen molar-refractivity contribution < 1.29 is 10.2 Å². The maximum atomic E-state index is 12.1. The Balaban J connectivity index is 1.48. The number of aliphatic hydroxyl groups excluding tert-OH is 2. The molecule has 6 aromatic rings. The summed E-state index contributed by atoms with van der Waals surface area (Å²) in [5.74, 6) is 12.0. The van der Waals surface area contributed by atoms with Gasteiger partial charge < -0.3 is 10.2 Å². The molecule has 0 aliphatic heterocycles. The molecule has 0 aromatic heterocycles. The van der Waals surface area contributed by atoms with Gasteiger partial charge in [0.2, 0.25) is 0 Å². The van der Waals surface area contributed by atoms with Crippen LogP contribution in [0.5, 0.6) is 0 Å². The molecule has 0 radical (unpaired) electrons. The molecule has 0 spiro atoms. The van der Waals surface area contributed by atoms with Gasteiger partial charge in [0, 0.05) is 0 Å². The Kier molecular flexibility index (Phi) is 9.24. The quantitative estimate of drug-likeness (QED) is 0.140. The number of aliphatic hydroxyl groups is 2. The second kappa shape index (κ2) is 14.0. The van der Waals surface area contributed by atoms with Crippen LogP contribution in [-0.4, -0.2) is 22.4 Å². The molecule has 222 valence electrons. The molecular formula is C44H34O2. The predicted molar refractivity (Wildman–Crippen MR) is 186 cm³/mol. The van der Waals surface area contributed by atoms with E-state index in [2.05, 4.69) is 23.7 Å². The van der Waals surface area contributed by atoms with Gasteiger partial charge in [0.1, 0.15) is 12.2 Å². The van der Waals surface area contributed by atoms with Gasteiger partial charge in [-0.15, -0.1) is 0 Å². The second-order valence-electron chi connectivity index (χ2n) is 11.2. The van der Waals surface area contributed by atoms with E-state index in [9.17, 15) is 10.2 Å². The summed E-state index contributed by atoms with van der Waals surface area (Å²) < 4.78 is 0. The second-order valence-corrected chi connectivity index (χ2v) is 11.2. The first-order valence-electron chi connectivity index (χ1n) is 15.4. The van der Waals surface area contributed by atoms with Crippen molar-refractivity contribution in [1.82, 2.24) is 0 Å². The van der Waals surface area contributed by atoms with E-state index >= 15 is 0 Å². The summed E-state index contributed by atoms with van der Waals surface area (Å²) in [6, 6.07) is 59.8. The van der Waals surface area contributed by atoms with Gasteiger partial charge >= 0.3 is 0 Å². The van der Waals surface area contributed by atoms with Crippen molar-refractivity contribution in [3.8, 4) is 23.7 Å². The molecule has 0 aliphatic rings. The SMILES string of the molecule is O[C@H](C#CC#C[C@H](O)C(c1ccccc1)(c1ccccc1)c1ccccc1)C(c1ccccc1)(c1ccccc1)c1ccccc1. The standard InChI is InChI=1S/C44H34O2/c45-41(43(35-21-7-1-8-22-35,36-23-9-2-10-24-36)37-25-11-3-12-26-37)33-19-20-34-42(46)44(38-27-13-4-14-28-38,39-29-15-5-16-30-39)40-31-17-6-18-32-40/h1-18,21-32,41-42,45-46H/t41-,42+. The van der Waals surface area contributed by atoms with Crippen LogP contribution in [-0.2, 0) is 10.8 Å². The van der Waals surface area contributed by atoms with Crippen molar-refractivity contribution in [1.29, 1.82) is 0 Å². The Labute approximate surface area is 271 Å². The number of hydrogen-bond donors (Lipinski definition) is 2. The van der Waals surface area contributed by atoms with Gasteiger partial charge in [-0.3, -0.25) is 0 Å². The lowest BCUT2D eigenvalue weighted by atomic mass is 9.65. The van der Waals surface area contributed by atoms with E-state index in [1.807, 2.05) is 182 Å². The van der Waals surface area contributed by atoms with Gasteiger partial charge in [-0.05, 0) is 45.2 Å². The van der Waals surface area contributed by atoms with Crippen LogP contribution in [0.15, 0.2) is 182 Å². The molecular weight excluding hydrogens is 560 g/mol. The van der Waals surface area contributed by atoms with Crippen molar-refractivity contribution in [2.24, 2.45) is 0 Å². The van der Waals surface area contributed by atoms with Gasteiger partial charge in [0.25, 0.3) is 0 Å². The van der Waals surface area contributed by atoms with Crippen molar-refractivity contribution in [3.05, 3.63) is 215 Å². The highest BCUT2D eigenvalue weighted by Crippen LogP contribution is 2.43. The van der Waals surface area contributed by atoms with E-state index in [1.165, 1.54) is 0 Å². The van der Waals surface area contributed by atoms with Crippen molar-refractivity contribution in [2.45, 2.75) is 23.0 Å². The molecule has 2 N–H and O–H groups in total. The van der Waals surface area contributed by atoms with Crippen LogP contribution < -0.4 is 0 Å². The lowest BCUT2D eigenvalue weighted by Crippen LogP contribution is -2.41. The number of rotatable bonds is 8. The molecule has 2 atom stereocenters. The molecule has 0 unspecified atom stereocenters. The molecule has 2 nitrogen and oxygen atoms in total. The number of hydrogen-bond acceptors (Lipinski definition) is 2. The zero-order chi connectivity index (χ0) is 31.7. The molecule has 0 aliphatic carbocycles.